The zero-order valence-corrected chi connectivity index (χ0v) is 15.4. The fourth-order valence-corrected chi connectivity index (χ4v) is 2.69. The molecule has 1 N–H and O–H groups in total. The van der Waals surface area contributed by atoms with Gasteiger partial charge in [0.05, 0.1) is 19.1 Å². The predicted molar refractivity (Wildman–Crippen MR) is 104 cm³/mol. The van der Waals surface area contributed by atoms with Crippen LogP contribution in [0.15, 0.2) is 65.7 Å². The number of carbonyl (C=O) groups is 1. The fourth-order valence-electron chi connectivity index (χ4n) is 2.56. The molecule has 0 fully saturated rings. The molecule has 6 nitrogen and oxygen atoms in total. The van der Waals surface area contributed by atoms with Crippen LogP contribution in [0.4, 0.5) is 0 Å². The molecular weight excluding hydrogens is 366 g/mol. The summed E-state index contributed by atoms with van der Waals surface area (Å²) in [4.78, 5) is 28.8. The van der Waals surface area contributed by atoms with Crippen LogP contribution in [0.1, 0.15) is 5.56 Å². The van der Waals surface area contributed by atoms with E-state index in [-0.39, 0.29) is 18.0 Å². The number of carbonyl (C=O) groups excluding carboxylic acids is 1. The second-order valence-corrected chi connectivity index (χ2v) is 6.28. The van der Waals surface area contributed by atoms with Crippen molar-refractivity contribution in [2.75, 3.05) is 7.11 Å². The molecule has 138 valence electrons. The minimum absolute atomic E-state index is 0.106. The van der Waals surface area contributed by atoms with Gasteiger partial charge in [0.2, 0.25) is 5.91 Å². The molecule has 0 aliphatic rings. The lowest BCUT2D eigenvalue weighted by atomic mass is 10.1. The summed E-state index contributed by atoms with van der Waals surface area (Å²) in [5.74, 6) is 0.349. The molecule has 0 spiro atoms. The quantitative estimate of drug-likeness (QED) is 0.710. The molecule has 0 saturated carbocycles. The third kappa shape index (κ3) is 4.74. The third-order valence-electron chi connectivity index (χ3n) is 3.98. The Kier molecular flexibility index (Phi) is 5.88. The second kappa shape index (κ2) is 8.51. The Bertz CT molecular complexity index is 1000. The zero-order valence-electron chi connectivity index (χ0n) is 14.7. The number of halogens is 1. The van der Waals surface area contributed by atoms with Gasteiger partial charge in [-0.3, -0.25) is 14.2 Å². The summed E-state index contributed by atoms with van der Waals surface area (Å²) in [5.41, 5.74) is 1.82. The van der Waals surface area contributed by atoms with Crippen molar-refractivity contribution in [1.29, 1.82) is 0 Å². The van der Waals surface area contributed by atoms with Gasteiger partial charge in [0.15, 0.2) is 0 Å². The number of nitrogens with zero attached hydrogens (tertiary/aromatic N) is 2. The third-order valence-corrected chi connectivity index (χ3v) is 4.23. The summed E-state index contributed by atoms with van der Waals surface area (Å²) in [6.45, 7) is 0.253. The highest BCUT2D eigenvalue weighted by molar-refractivity contribution is 6.30. The number of ether oxygens (including phenoxy) is 1. The van der Waals surface area contributed by atoms with E-state index in [0.29, 0.717) is 23.0 Å². The van der Waals surface area contributed by atoms with Crippen LogP contribution in [0.5, 0.6) is 5.75 Å². The molecule has 7 heteroatoms. The van der Waals surface area contributed by atoms with Crippen LogP contribution in [0.2, 0.25) is 5.02 Å². The van der Waals surface area contributed by atoms with Crippen LogP contribution in [0.3, 0.4) is 0 Å². The SMILES string of the molecule is COc1ccccc1-c1cc(=O)n(CC(=O)NCc2ccc(Cl)cc2)cn1. The van der Waals surface area contributed by atoms with Gasteiger partial charge >= 0.3 is 0 Å². The topological polar surface area (TPSA) is 73.2 Å². The van der Waals surface area contributed by atoms with Crippen molar-refractivity contribution in [1.82, 2.24) is 14.9 Å². The van der Waals surface area contributed by atoms with Gasteiger partial charge in [-0.15, -0.1) is 0 Å². The van der Waals surface area contributed by atoms with Crippen molar-refractivity contribution < 1.29 is 9.53 Å². The Balaban J connectivity index is 1.68. The van der Waals surface area contributed by atoms with Crippen LogP contribution in [-0.4, -0.2) is 22.6 Å². The summed E-state index contributed by atoms with van der Waals surface area (Å²) in [5, 5.41) is 3.41. The molecule has 1 aromatic heterocycles. The summed E-state index contributed by atoms with van der Waals surface area (Å²) in [7, 11) is 1.56. The molecular formula is C20H18ClN3O3. The molecule has 0 aliphatic heterocycles. The highest BCUT2D eigenvalue weighted by Crippen LogP contribution is 2.26. The minimum atomic E-state index is -0.312. The maximum Gasteiger partial charge on any atom is 0.254 e. The van der Waals surface area contributed by atoms with E-state index in [0.717, 1.165) is 11.1 Å². The van der Waals surface area contributed by atoms with E-state index in [1.54, 1.807) is 25.3 Å². The highest BCUT2D eigenvalue weighted by atomic mass is 35.5. The molecule has 27 heavy (non-hydrogen) atoms. The van der Waals surface area contributed by atoms with Gasteiger partial charge in [0, 0.05) is 23.2 Å². The number of amides is 1. The molecule has 0 unspecified atom stereocenters. The van der Waals surface area contributed by atoms with Gasteiger partial charge in [-0.25, -0.2) is 4.98 Å². The maximum absolute atomic E-state index is 12.3. The molecule has 0 atom stereocenters. The van der Waals surface area contributed by atoms with Gasteiger partial charge in [-0.05, 0) is 29.8 Å². The fraction of sp³-hybridized carbons (Fsp3) is 0.150. The number of hydrogen-bond acceptors (Lipinski definition) is 4. The number of methoxy groups -OCH3 is 1. The van der Waals surface area contributed by atoms with Gasteiger partial charge in [0.25, 0.3) is 5.56 Å². The second-order valence-electron chi connectivity index (χ2n) is 5.84. The number of rotatable bonds is 6. The summed E-state index contributed by atoms with van der Waals surface area (Å²) < 4.78 is 6.55. The molecule has 0 bridgehead atoms. The van der Waals surface area contributed by atoms with Crippen LogP contribution >= 0.6 is 11.6 Å². The first-order chi connectivity index (χ1) is 13.1. The van der Waals surface area contributed by atoms with Gasteiger partial charge in [-0.1, -0.05) is 35.9 Å². The van der Waals surface area contributed by atoms with E-state index < -0.39 is 0 Å². The predicted octanol–water partition coefficient (Wildman–Crippen LogP) is 2.89. The number of nitrogens with one attached hydrogen (secondary N) is 1. The average Bonchev–Trinajstić information content (AvgIpc) is 2.69. The van der Waals surface area contributed by atoms with Crippen molar-refractivity contribution in [2.24, 2.45) is 0 Å². The Hall–Kier alpha value is -3.12. The maximum atomic E-state index is 12.3. The number of aromatic nitrogens is 2. The first-order valence-electron chi connectivity index (χ1n) is 8.28. The van der Waals surface area contributed by atoms with Gasteiger partial charge in [0.1, 0.15) is 12.3 Å². The van der Waals surface area contributed by atoms with Crippen LogP contribution in [-0.2, 0) is 17.9 Å². The molecule has 0 radical (unpaired) electrons. The molecule has 3 rings (SSSR count). The van der Waals surface area contributed by atoms with Crippen molar-refractivity contribution in [3.05, 3.63) is 81.9 Å². The molecule has 0 saturated heterocycles. The Labute approximate surface area is 161 Å². The van der Waals surface area contributed by atoms with E-state index in [1.165, 1.54) is 17.0 Å². The molecule has 1 amide bonds. The average molecular weight is 384 g/mol. The first kappa shape index (κ1) is 18.7. The first-order valence-corrected chi connectivity index (χ1v) is 8.65. The standard InChI is InChI=1S/C20H18ClN3O3/c1-27-18-5-3-2-4-16(18)17-10-20(26)24(13-23-17)12-19(25)22-11-14-6-8-15(21)9-7-14/h2-10,13H,11-12H2,1H3,(H,22,25). The van der Waals surface area contributed by atoms with Crippen LogP contribution in [0.25, 0.3) is 11.3 Å². The summed E-state index contributed by atoms with van der Waals surface area (Å²) >= 11 is 5.83. The normalized spacial score (nSPS) is 10.4. The number of benzene rings is 2. The lowest BCUT2D eigenvalue weighted by Gasteiger charge is -2.10. The van der Waals surface area contributed by atoms with Crippen molar-refractivity contribution in [3.63, 3.8) is 0 Å². The Morgan fingerprint density at radius 3 is 2.63 bits per heavy atom. The van der Waals surface area contributed by atoms with E-state index in [9.17, 15) is 9.59 Å². The monoisotopic (exact) mass is 383 g/mol. The van der Waals surface area contributed by atoms with Crippen molar-refractivity contribution >= 4 is 17.5 Å². The summed E-state index contributed by atoms with van der Waals surface area (Å²) in [6.07, 6.45) is 1.37. The smallest absolute Gasteiger partial charge is 0.254 e. The minimum Gasteiger partial charge on any atom is -0.496 e. The molecule has 1 heterocycles. The van der Waals surface area contributed by atoms with E-state index in [1.807, 2.05) is 30.3 Å². The van der Waals surface area contributed by atoms with Crippen LogP contribution in [0, 0.1) is 0 Å². The van der Waals surface area contributed by atoms with E-state index in [2.05, 4.69) is 10.3 Å². The Morgan fingerprint density at radius 2 is 1.93 bits per heavy atom. The number of hydrogen-bond donors (Lipinski definition) is 1. The van der Waals surface area contributed by atoms with Gasteiger partial charge < -0.3 is 10.1 Å². The summed E-state index contributed by atoms with van der Waals surface area (Å²) in [6, 6.07) is 15.9. The molecule has 2 aromatic carbocycles. The molecule has 3 aromatic rings. The molecule has 0 aliphatic carbocycles. The number of para-hydroxylation sites is 1. The van der Waals surface area contributed by atoms with E-state index >= 15 is 0 Å². The zero-order chi connectivity index (χ0) is 19.2. The Morgan fingerprint density at radius 1 is 1.19 bits per heavy atom. The van der Waals surface area contributed by atoms with Crippen LogP contribution < -0.4 is 15.6 Å². The lowest BCUT2D eigenvalue weighted by molar-refractivity contribution is -0.121. The highest BCUT2D eigenvalue weighted by Gasteiger charge is 2.10. The van der Waals surface area contributed by atoms with Gasteiger partial charge in [-0.2, -0.15) is 0 Å². The largest absolute Gasteiger partial charge is 0.496 e. The van der Waals surface area contributed by atoms with Crippen molar-refractivity contribution in [2.45, 2.75) is 13.1 Å². The van der Waals surface area contributed by atoms with Crippen molar-refractivity contribution in [3.8, 4) is 17.0 Å². The lowest BCUT2D eigenvalue weighted by Crippen LogP contribution is -2.31. The van der Waals surface area contributed by atoms with E-state index in [4.69, 9.17) is 16.3 Å².